The molecule has 1 aromatic heterocycles. The molecule has 6 heteroatoms. The Labute approximate surface area is 116 Å². The summed E-state index contributed by atoms with van der Waals surface area (Å²) in [6, 6.07) is 7.19. The Morgan fingerprint density at radius 2 is 2.21 bits per heavy atom. The van der Waals surface area contributed by atoms with Crippen LogP contribution in [0.2, 0.25) is 5.02 Å². The van der Waals surface area contributed by atoms with E-state index in [4.69, 9.17) is 11.6 Å². The summed E-state index contributed by atoms with van der Waals surface area (Å²) in [7, 11) is 0. The van der Waals surface area contributed by atoms with Crippen LogP contribution in [-0.4, -0.2) is 15.9 Å². The summed E-state index contributed by atoms with van der Waals surface area (Å²) >= 11 is 6.07. The lowest BCUT2D eigenvalue weighted by molar-refractivity contribution is -0.114. The van der Waals surface area contributed by atoms with Crippen molar-refractivity contribution in [2.24, 2.45) is 0 Å². The van der Waals surface area contributed by atoms with Crippen LogP contribution in [0.5, 0.6) is 0 Å². The first kappa shape index (κ1) is 13.3. The molecule has 0 unspecified atom stereocenters. The number of hydrogen-bond acceptors (Lipinski definition) is 4. The zero-order valence-corrected chi connectivity index (χ0v) is 11.1. The first-order valence-electron chi connectivity index (χ1n) is 5.71. The van der Waals surface area contributed by atoms with Crippen LogP contribution >= 0.6 is 11.6 Å². The predicted molar refractivity (Wildman–Crippen MR) is 75.1 cm³/mol. The lowest BCUT2D eigenvalue weighted by Gasteiger charge is -2.09. The number of hydrogen-bond donors (Lipinski definition) is 2. The fourth-order valence-electron chi connectivity index (χ4n) is 1.53. The minimum atomic E-state index is -0.149. The standard InChI is InChI=1S/C13H13ClN4O/c1-9(19)18-13-3-2-10(6-12(13)14)16-7-11-4-5-15-8-17-11/h2-6,8,16H,7H2,1H3,(H,18,19). The second kappa shape index (κ2) is 6.15. The van der Waals surface area contributed by atoms with Gasteiger partial charge in [0.1, 0.15) is 6.33 Å². The molecule has 2 aromatic rings. The Bertz CT molecular complexity index is 574. The summed E-state index contributed by atoms with van der Waals surface area (Å²) in [6.45, 7) is 2.02. The molecule has 0 saturated carbocycles. The van der Waals surface area contributed by atoms with Crippen LogP contribution in [0.25, 0.3) is 0 Å². The molecule has 2 rings (SSSR count). The van der Waals surface area contributed by atoms with Gasteiger partial charge in [0.15, 0.2) is 0 Å². The van der Waals surface area contributed by atoms with Crippen molar-refractivity contribution in [3.8, 4) is 0 Å². The first-order valence-corrected chi connectivity index (χ1v) is 6.09. The van der Waals surface area contributed by atoms with E-state index in [1.54, 1.807) is 18.3 Å². The maximum atomic E-state index is 11.0. The van der Waals surface area contributed by atoms with Gasteiger partial charge in [-0.05, 0) is 24.3 Å². The van der Waals surface area contributed by atoms with Crippen molar-refractivity contribution in [2.75, 3.05) is 10.6 Å². The molecule has 0 aliphatic carbocycles. The van der Waals surface area contributed by atoms with Crippen LogP contribution < -0.4 is 10.6 Å². The van der Waals surface area contributed by atoms with Gasteiger partial charge in [0.25, 0.3) is 0 Å². The van der Waals surface area contributed by atoms with Gasteiger partial charge in [-0.25, -0.2) is 9.97 Å². The lowest BCUT2D eigenvalue weighted by Crippen LogP contribution is -2.07. The van der Waals surface area contributed by atoms with E-state index in [1.165, 1.54) is 13.3 Å². The molecule has 1 amide bonds. The van der Waals surface area contributed by atoms with Crippen LogP contribution in [0.15, 0.2) is 36.8 Å². The molecule has 0 fully saturated rings. The highest BCUT2D eigenvalue weighted by Crippen LogP contribution is 2.25. The number of amides is 1. The highest BCUT2D eigenvalue weighted by Gasteiger charge is 2.03. The number of nitrogens with one attached hydrogen (secondary N) is 2. The van der Waals surface area contributed by atoms with Crippen molar-refractivity contribution in [1.29, 1.82) is 0 Å². The van der Waals surface area contributed by atoms with E-state index < -0.39 is 0 Å². The molecule has 0 bridgehead atoms. The summed E-state index contributed by atoms with van der Waals surface area (Å²) in [6.07, 6.45) is 3.20. The maximum Gasteiger partial charge on any atom is 0.221 e. The quantitative estimate of drug-likeness (QED) is 0.901. The SMILES string of the molecule is CC(=O)Nc1ccc(NCc2ccncn2)cc1Cl. The average Bonchev–Trinajstić information content (AvgIpc) is 2.40. The number of anilines is 2. The van der Waals surface area contributed by atoms with Gasteiger partial charge in [-0.3, -0.25) is 4.79 Å². The molecule has 2 N–H and O–H groups in total. The number of rotatable bonds is 4. The third kappa shape index (κ3) is 3.93. The highest BCUT2D eigenvalue weighted by molar-refractivity contribution is 6.34. The summed E-state index contributed by atoms with van der Waals surface area (Å²) in [5.41, 5.74) is 2.34. The van der Waals surface area contributed by atoms with Crippen LogP contribution in [0.4, 0.5) is 11.4 Å². The largest absolute Gasteiger partial charge is 0.379 e. The van der Waals surface area contributed by atoms with Crippen LogP contribution in [-0.2, 0) is 11.3 Å². The molecule has 0 spiro atoms. The first-order chi connectivity index (χ1) is 9.15. The number of nitrogens with zero attached hydrogens (tertiary/aromatic N) is 2. The molecule has 0 aliphatic rings. The second-order valence-electron chi connectivity index (χ2n) is 3.93. The topological polar surface area (TPSA) is 66.9 Å². The molecule has 0 saturated heterocycles. The van der Waals surface area contributed by atoms with E-state index in [2.05, 4.69) is 20.6 Å². The minimum absolute atomic E-state index is 0.149. The van der Waals surface area contributed by atoms with Gasteiger partial charge in [0.2, 0.25) is 5.91 Å². The Morgan fingerprint density at radius 3 is 2.84 bits per heavy atom. The number of carbonyl (C=O) groups excluding carboxylic acids is 1. The molecule has 5 nitrogen and oxygen atoms in total. The number of benzene rings is 1. The van der Waals surface area contributed by atoms with E-state index in [9.17, 15) is 4.79 Å². The Kier molecular flexibility index (Phi) is 4.30. The van der Waals surface area contributed by atoms with Crippen LogP contribution in [0, 0.1) is 0 Å². The van der Waals surface area contributed by atoms with E-state index in [0.29, 0.717) is 17.3 Å². The van der Waals surface area contributed by atoms with Gasteiger partial charge in [0.05, 0.1) is 22.9 Å². The predicted octanol–water partition coefficient (Wildman–Crippen LogP) is 2.70. The van der Waals surface area contributed by atoms with Crippen molar-refractivity contribution >= 4 is 28.9 Å². The summed E-state index contributed by atoms with van der Waals surface area (Å²) < 4.78 is 0. The number of aromatic nitrogens is 2. The molecule has 98 valence electrons. The zero-order chi connectivity index (χ0) is 13.7. The molecular weight excluding hydrogens is 264 g/mol. The Hall–Kier alpha value is -2.14. The van der Waals surface area contributed by atoms with Gasteiger partial charge >= 0.3 is 0 Å². The molecule has 1 heterocycles. The summed E-state index contributed by atoms with van der Waals surface area (Å²) in [5, 5.41) is 6.34. The normalized spacial score (nSPS) is 10.0. The average molecular weight is 277 g/mol. The van der Waals surface area contributed by atoms with Gasteiger partial charge in [-0.15, -0.1) is 0 Å². The van der Waals surface area contributed by atoms with Crippen molar-refractivity contribution < 1.29 is 4.79 Å². The van der Waals surface area contributed by atoms with Crippen molar-refractivity contribution in [1.82, 2.24) is 9.97 Å². The lowest BCUT2D eigenvalue weighted by atomic mass is 10.2. The maximum absolute atomic E-state index is 11.0. The Morgan fingerprint density at radius 1 is 1.37 bits per heavy atom. The fraction of sp³-hybridized carbons (Fsp3) is 0.154. The number of halogens is 1. The summed E-state index contributed by atoms with van der Waals surface area (Å²) in [4.78, 5) is 18.9. The van der Waals surface area contributed by atoms with Crippen LogP contribution in [0.1, 0.15) is 12.6 Å². The minimum Gasteiger partial charge on any atom is -0.379 e. The van der Waals surface area contributed by atoms with Gasteiger partial charge in [-0.1, -0.05) is 11.6 Å². The third-order valence-electron chi connectivity index (χ3n) is 2.40. The van der Waals surface area contributed by atoms with Gasteiger partial charge in [-0.2, -0.15) is 0 Å². The van der Waals surface area contributed by atoms with E-state index in [1.807, 2.05) is 12.1 Å². The molecule has 19 heavy (non-hydrogen) atoms. The monoisotopic (exact) mass is 276 g/mol. The Balaban J connectivity index is 2.02. The third-order valence-corrected chi connectivity index (χ3v) is 2.71. The van der Waals surface area contributed by atoms with Gasteiger partial charge in [0, 0.05) is 18.8 Å². The van der Waals surface area contributed by atoms with Crippen molar-refractivity contribution in [2.45, 2.75) is 13.5 Å². The smallest absolute Gasteiger partial charge is 0.221 e. The van der Waals surface area contributed by atoms with Crippen molar-refractivity contribution in [3.63, 3.8) is 0 Å². The van der Waals surface area contributed by atoms with Gasteiger partial charge < -0.3 is 10.6 Å². The molecule has 0 atom stereocenters. The van der Waals surface area contributed by atoms with E-state index in [-0.39, 0.29) is 5.91 Å². The molecule has 0 aliphatic heterocycles. The van der Waals surface area contributed by atoms with Crippen LogP contribution in [0.3, 0.4) is 0 Å². The molecule has 1 aromatic carbocycles. The molecule has 0 radical (unpaired) electrons. The molecular formula is C13H13ClN4O. The van der Waals surface area contributed by atoms with E-state index >= 15 is 0 Å². The number of carbonyl (C=O) groups is 1. The van der Waals surface area contributed by atoms with Crippen molar-refractivity contribution in [3.05, 3.63) is 47.5 Å². The highest BCUT2D eigenvalue weighted by atomic mass is 35.5. The zero-order valence-electron chi connectivity index (χ0n) is 10.4. The summed E-state index contributed by atoms with van der Waals surface area (Å²) in [5.74, 6) is -0.149. The van der Waals surface area contributed by atoms with E-state index in [0.717, 1.165) is 11.4 Å². The fourth-order valence-corrected chi connectivity index (χ4v) is 1.76. The second-order valence-corrected chi connectivity index (χ2v) is 4.34.